The van der Waals surface area contributed by atoms with Crippen molar-refractivity contribution in [3.8, 4) is 11.5 Å². The molecular weight excluding hydrogens is 244 g/mol. The van der Waals surface area contributed by atoms with Crippen molar-refractivity contribution in [2.45, 2.75) is 25.8 Å². The number of likely N-dealkylation sites (tertiary alicyclic amines) is 1. The maximum Gasteiger partial charge on any atom is 0.219 e. The van der Waals surface area contributed by atoms with Gasteiger partial charge in [-0.2, -0.15) is 0 Å². The van der Waals surface area contributed by atoms with E-state index in [4.69, 9.17) is 15.2 Å². The number of nitrogen functional groups attached to an aromatic ring is 1. The normalized spacial score (nSPS) is 18.4. The van der Waals surface area contributed by atoms with Gasteiger partial charge in [0, 0.05) is 19.5 Å². The number of anilines is 1. The van der Waals surface area contributed by atoms with Gasteiger partial charge >= 0.3 is 0 Å². The summed E-state index contributed by atoms with van der Waals surface area (Å²) in [5.74, 6) is 1.45. The van der Waals surface area contributed by atoms with Crippen molar-refractivity contribution in [3.63, 3.8) is 0 Å². The molecule has 1 fully saturated rings. The van der Waals surface area contributed by atoms with Crippen molar-refractivity contribution in [3.05, 3.63) is 18.2 Å². The highest BCUT2D eigenvalue weighted by Crippen LogP contribution is 2.27. The lowest BCUT2D eigenvalue weighted by Gasteiger charge is -2.23. The van der Waals surface area contributed by atoms with E-state index in [2.05, 4.69) is 0 Å². The second kappa shape index (κ2) is 5.82. The van der Waals surface area contributed by atoms with Crippen LogP contribution in [-0.4, -0.2) is 37.1 Å². The van der Waals surface area contributed by atoms with Crippen LogP contribution in [0.5, 0.6) is 11.5 Å². The van der Waals surface area contributed by atoms with Gasteiger partial charge in [0.15, 0.2) is 0 Å². The van der Waals surface area contributed by atoms with E-state index >= 15 is 0 Å². The zero-order valence-electron chi connectivity index (χ0n) is 11.4. The molecule has 5 heteroatoms. The monoisotopic (exact) mass is 264 g/mol. The summed E-state index contributed by atoms with van der Waals surface area (Å²) in [6.45, 7) is 2.93. The molecular formula is C14H20N2O3. The number of methoxy groups -OCH3 is 1. The molecule has 0 aliphatic carbocycles. The molecule has 1 saturated heterocycles. The van der Waals surface area contributed by atoms with Crippen LogP contribution in [0.3, 0.4) is 0 Å². The lowest BCUT2D eigenvalue weighted by atomic mass is 10.2. The molecule has 2 N–H and O–H groups in total. The van der Waals surface area contributed by atoms with Gasteiger partial charge in [-0.05, 0) is 25.0 Å². The number of hydrogen-bond donors (Lipinski definition) is 1. The highest BCUT2D eigenvalue weighted by atomic mass is 16.5. The van der Waals surface area contributed by atoms with Crippen molar-refractivity contribution in [2.75, 3.05) is 26.0 Å². The topological polar surface area (TPSA) is 64.8 Å². The lowest BCUT2D eigenvalue weighted by Crippen LogP contribution is -2.37. The van der Waals surface area contributed by atoms with Crippen LogP contribution < -0.4 is 15.2 Å². The minimum atomic E-state index is 0.111. The highest BCUT2D eigenvalue weighted by molar-refractivity contribution is 5.73. The molecule has 5 nitrogen and oxygen atoms in total. The first-order valence-electron chi connectivity index (χ1n) is 6.45. The third-order valence-electron chi connectivity index (χ3n) is 3.43. The van der Waals surface area contributed by atoms with Gasteiger partial charge in [0.1, 0.15) is 18.1 Å². The fourth-order valence-corrected chi connectivity index (χ4v) is 2.42. The number of ether oxygens (including phenoxy) is 2. The SMILES string of the molecule is COc1ccc(OC[C@H]2CCCN2C(C)=O)cc1N. The number of nitrogens with two attached hydrogens (primary N) is 1. The molecule has 0 radical (unpaired) electrons. The van der Waals surface area contributed by atoms with Gasteiger partial charge in [-0.25, -0.2) is 0 Å². The third kappa shape index (κ3) is 3.10. The summed E-state index contributed by atoms with van der Waals surface area (Å²) < 4.78 is 10.8. The molecule has 1 aromatic rings. The van der Waals surface area contributed by atoms with Crippen LogP contribution in [0.25, 0.3) is 0 Å². The van der Waals surface area contributed by atoms with Crippen LogP contribution in [0.2, 0.25) is 0 Å². The largest absolute Gasteiger partial charge is 0.495 e. The van der Waals surface area contributed by atoms with E-state index in [1.807, 2.05) is 11.0 Å². The average molecular weight is 264 g/mol. The first-order valence-corrected chi connectivity index (χ1v) is 6.45. The Kier molecular flexibility index (Phi) is 4.14. The molecule has 1 aliphatic heterocycles. The zero-order chi connectivity index (χ0) is 13.8. The summed E-state index contributed by atoms with van der Waals surface area (Å²) in [6, 6.07) is 5.51. The van der Waals surface area contributed by atoms with Gasteiger partial charge in [0.25, 0.3) is 0 Å². The van der Waals surface area contributed by atoms with E-state index < -0.39 is 0 Å². The maximum absolute atomic E-state index is 11.4. The van der Waals surface area contributed by atoms with Crippen LogP contribution >= 0.6 is 0 Å². The molecule has 0 saturated carbocycles. The van der Waals surface area contributed by atoms with Crippen LogP contribution in [0.1, 0.15) is 19.8 Å². The first kappa shape index (κ1) is 13.5. The van der Waals surface area contributed by atoms with Crippen molar-refractivity contribution in [1.29, 1.82) is 0 Å². The van der Waals surface area contributed by atoms with E-state index in [0.717, 1.165) is 19.4 Å². The third-order valence-corrected chi connectivity index (χ3v) is 3.43. The summed E-state index contributed by atoms with van der Waals surface area (Å²) in [7, 11) is 1.58. The van der Waals surface area contributed by atoms with E-state index in [1.54, 1.807) is 26.2 Å². The number of rotatable bonds is 4. The predicted octanol–water partition coefficient (Wildman–Crippen LogP) is 1.67. The molecule has 1 atom stereocenters. The Hall–Kier alpha value is -1.91. The molecule has 1 aromatic carbocycles. The van der Waals surface area contributed by atoms with Crippen LogP contribution in [0.15, 0.2) is 18.2 Å². The van der Waals surface area contributed by atoms with Crippen molar-refractivity contribution in [1.82, 2.24) is 4.90 Å². The van der Waals surface area contributed by atoms with Gasteiger partial charge in [-0.1, -0.05) is 0 Å². The van der Waals surface area contributed by atoms with E-state index in [0.29, 0.717) is 23.8 Å². The Morgan fingerprint density at radius 1 is 1.53 bits per heavy atom. The van der Waals surface area contributed by atoms with Crippen molar-refractivity contribution in [2.24, 2.45) is 0 Å². The number of amides is 1. The molecule has 104 valence electrons. The molecule has 0 unspecified atom stereocenters. The molecule has 19 heavy (non-hydrogen) atoms. The standard InChI is InChI=1S/C14H20N2O3/c1-10(17)16-7-3-4-11(16)9-19-12-5-6-14(18-2)13(15)8-12/h5-6,8,11H,3-4,7,9,15H2,1-2H3/t11-/m1/s1. The van der Waals surface area contributed by atoms with Gasteiger partial charge in [0.2, 0.25) is 5.91 Å². The Bertz CT molecular complexity index is 462. The summed E-state index contributed by atoms with van der Waals surface area (Å²) in [5, 5.41) is 0. The van der Waals surface area contributed by atoms with Crippen LogP contribution in [-0.2, 0) is 4.79 Å². The Labute approximate surface area is 113 Å². The van der Waals surface area contributed by atoms with Crippen molar-refractivity contribution < 1.29 is 14.3 Å². The van der Waals surface area contributed by atoms with E-state index in [1.165, 1.54) is 0 Å². The quantitative estimate of drug-likeness (QED) is 0.840. The van der Waals surface area contributed by atoms with Crippen LogP contribution in [0.4, 0.5) is 5.69 Å². The second-order valence-corrected chi connectivity index (χ2v) is 4.72. The number of hydrogen-bond acceptors (Lipinski definition) is 4. The number of carbonyl (C=O) groups is 1. The molecule has 1 heterocycles. The molecule has 2 rings (SSSR count). The van der Waals surface area contributed by atoms with E-state index in [-0.39, 0.29) is 11.9 Å². The maximum atomic E-state index is 11.4. The first-order chi connectivity index (χ1) is 9.11. The molecule has 1 aliphatic rings. The summed E-state index contributed by atoms with van der Waals surface area (Å²) in [5.41, 5.74) is 6.37. The number of benzene rings is 1. The zero-order valence-corrected chi connectivity index (χ0v) is 11.4. The number of carbonyl (C=O) groups excluding carboxylic acids is 1. The van der Waals surface area contributed by atoms with Gasteiger partial charge in [-0.3, -0.25) is 4.79 Å². The Morgan fingerprint density at radius 3 is 2.95 bits per heavy atom. The second-order valence-electron chi connectivity index (χ2n) is 4.72. The fraction of sp³-hybridized carbons (Fsp3) is 0.500. The smallest absolute Gasteiger partial charge is 0.219 e. The minimum Gasteiger partial charge on any atom is -0.495 e. The van der Waals surface area contributed by atoms with Gasteiger partial charge in [-0.15, -0.1) is 0 Å². The van der Waals surface area contributed by atoms with Crippen molar-refractivity contribution >= 4 is 11.6 Å². The predicted molar refractivity (Wildman–Crippen MR) is 73.3 cm³/mol. The summed E-state index contributed by atoms with van der Waals surface area (Å²) >= 11 is 0. The summed E-state index contributed by atoms with van der Waals surface area (Å²) in [4.78, 5) is 13.3. The molecule has 0 spiro atoms. The average Bonchev–Trinajstić information content (AvgIpc) is 2.85. The van der Waals surface area contributed by atoms with Gasteiger partial charge in [0.05, 0.1) is 18.8 Å². The Balaban J connectivity index is 1.95. The summed E-state index contributed by atoms with van der Waals surface area (Å²) in [6.07, 6.45) is 2.03. The van der Waals surface area contributed by atoms with Gasteiger partial charge < -0.3 is 20.1 Å². The minimum absolute atomic E-state index is 0.111. The molecule has 0 bridgehead atoms. The van der Waals surface area contributed by atoms with Crippen LogP contribution in [0, 0.1) is 0 Å². The molecule has 0 aromatic heterocycles. The highest BCUT2D eigenvalue weighted by Gasteiger charge is 2.26. The Morgan fingerprint density at radius 2 is 2.32 bits per heavy atom. The van der Waals surface area contributed by atoms with E-state index in [9.17, 15) is 4.79 Å². The fourth-order valence-electron chi connectivity index (χ4n) is 2.42. The lowest BCUT2D eigenvalue weighted by molar-refractivity contribution is -0.130. The number of nitrogens with zero attached hydrogens (tertiary/aromatic N) is 1. The molecule has 1 amide bonds.